The van der Waals surface area contributed by atoms with Gasteiger partial charge in [-0.05, 0) is 30.2 Å². The molecule has 0 radical (unpaired) electrons. The van der Waals surface area contributed by atoms with Crippen molar-refractivity contribution in [2.24, 2.45) is 5.92 Å². The maximum Gasteiger partial charge on any atom is 0.0885 e. The Morgan fingerprint density at radius 3 is 3.23 bits per heavy atom. The number of rotatable bonds is 3. The Kier molecular flexibility index (Phi) is 2.98. The van der Waals surface area contributed by atoms with Crippen LogP contribution in [-0.4, -0.2) is 18.3 Å². The van der Waals surface area contributed by atoms with Crippen LogP contribution in [-0.2, 0) is 4.74 Å². The van der Waals surface area contributed by atoms with Gasteiger partial charge >= 0.3 is 0 Å². The molecule has 0 amide bonds. The SMILES string of the molecule is OC(CC1CCOC1)c1cccs1. The Morgan fingerprint density at radius 2 is 2.62 bits per heavy atom. The second-order valence-electron chi connectivity index (χ2n) is 3.50. The van der Waals surface area contributed by atoms with Gasteiger partial charge in [0.1, 0.15) is 0 Å². The van der Waals surface area contributed by atoms with Crippen molar-refractivity contribution in [3.63, 3.8) is 0 Å². The number of hydrogen-bond donors (Lipinski definition) is 1. The highest BCUT2D eigenvalue weighted by atomic mass is 32.1. The number of aliphatic hydroxyl groups excluding tert-OH is 1. The molecule has 1 aliphatic heterocycles. The van der Waals surface area contributed by atoms with Crippen LogP contribution in [0.2, 0.25) is 0 Å². The highest BCUT2D eigenvalue weighted by Gasteiger charge is 2.20. The molecule has 2 unspecified atom stereocenters. The summed E-state index contributed by atoms with van der Waals surface area (Å²) in [4.78, 5) is 1.08. The third kappa shape index (κ3) is 2.30. The van der Waals surface area contributed by atoms with Crippen molar-refractivity contribution in [2.45, 2.75) is 18.9 Å². The Hall–Kier alpha value is -0.380. The third-order valence-corrected chi connectivity index (χ3v) is 3.43. The van der Waals surface area contributed by atoms with Gasteiger partial charge in [-0.1, -0.05) is 6.07 Å². The van der Waals surface area contributed by atoms with Crippen molar-refractivity contribution in [3.8, 4) is 0 Å². The molecule has 1 aromatic heterocycles. The molecule has 0 bridgehead atoms. The molecule has 13 heavy (non-hydrogen) atoms. The average Bonchev–Trinajstić information content (AvgIpc) is 2.74. The lowest BCUT2D eigenvalue weighted by Gasteiger charge is -2.12. The Balaban J connectivity index is 1.87. The molecule has 1 saturated heterocycles. The summed E-state index contributed by atoms with van der Waals surface area (Å²) >= 11 is 1.62. The monoisotopic (exact) mass is 198 g/mol. The molecule has 1 N–H and O–H groups in total. The molecule has 1 aromatic rings. The highest BCUT2D eigenvalue weighted by molar-refractivity contribution is 7.10. The van der Waals surface area contributed by atoms with Gasteiger partial charge in [0.2, 0.25) is 0 Å². The molecule has 2 rings (SSSR count). The van der Waals surface area contributed by atoms with E-state index in [1.54, 1.807) is 11.3 Å². The van der Waals surface area contributed by atoms with Crippen molar-refractivity contribution < 1.29 is 9.84 Å². The summed E-state index contributed by atoms with van der Waals surface area (Å²) in [5.74, 6) is 0.553. The lowest BCUT2D eigenvalue weighted by Crippen LogP contribution is -2.05. The van der Waals surface area contributed by atoms with Crippen LogP contribution in [0.1, 0.15) is 23.8 Å². The molecule has 2 heterocycles. The molecule has 1 fully saturated rings. The normalized spacial score (nSPS) is 24.8. The van der Waals surface area contributed by atoms with Crippen LogP contribution in [0.25, 0.3) is 0 Å². The zero-order valence-corrected chi connectivity index (χ0v) is 8.30. The quantitative estimate of drug-likeness (QED) is 0.807. The van der Waals surface area contributed by atoms with E-state index >= 15 is 0 Å². The minimum Gasteiger partial charge on any atom is -0.388 e. The summed E-state index contributed by atoms with van der Waals surface area (Å²) in [5, 5.41) is 11.8. The van der Waals surface area contributed by atoms with Gasteiger partial charge in [-0.3, -0.25) is 0 Å². The summed E-state index contributed by atoms with van der Waals surface area (Å²) in [6, 6.07) is 3.97. The van der Waals surface area contributed by atoms with Crippen LogP contribution in [0.5, 0.6) is 0 Å². The third-order valence-electron chi connectivity index (χ3n) is 2.45. The van der Waals surface area contributed by atoms with E-state index in [1.165, 1.54) is 0 Å². The number of thiophene rings is 1. The van der Waals surface area contributed by atoms with E-state index in [-0.39, 0.29) is 6.10 Å². The van der Waals surface area contributed by atoms with Crippen molar-refractivity contribution in [2.75, 3.05) is 13.2 Å². The fraction of sp³-hybridized carbons (Fsp3) is 0.600. The van der Waals surface area contributed by atoms with Crippen LogP contribution in [0.3, 0.4) is 0 Å². The fourth-order valence-electron chi connectivity index (χ4n) is 1.68. The van der Waals surface area contributed by atoms with E-state index < -0.39 is 0 Å². The van der Waals surface area contributed by atoms with Crippen LogP contribution in [0.4, 0.5) is 0 Å². The maximum absolute atomic E-state index is 9.82. The minimum absolute atomic E-state index is 0.285. The molecule has 1 aliphatic rings. The Bertz CT molecular complexity index is 239. The predicted octanol–water partition coefficient (Wildman–Crippen LogP) is 2.21. The second kappa shape index (κ2) is 4.22. The molecule has 0 spiro atoms. The van der Waals surface area contributed by atoms with E-state index in [2.05, 4.69) is 0 Å². The van der Waals surface area contributed by atoms with Gasteiger partial charge in [-0.25, -0.2) is 0 Å². The zero-order valence-electron chi connectivity index (χ0n) is 7.48. The summed E-state index contributed by atoms with van der Waals surface area (Å²) < 4.78 is 5.27. The van der Waals surface area contributed by atoms with E-state index in [9.17, 15) is 5.11 Å². The van der Waals surface area contributed by atoms with E-state index in [0.717, 1.165) is 30.9 Å². The van der Waals surface area contributed by atoms with Gasteiger partial charge in [0, 0.05) is 18.1 Å². The van der Waals surface area contributed by atoms with E-state index in [4.69, 9.17) is 4.74 Å². The van der Waals surface area contributed by atoms with Crippen LogP contribution < -0.4 is 0 Å². The van der Waals surface area contributed by atoms with Crippen molar-refractivity contribution in [1.29, 1.82) is 0 Å². The molecule has 0 aliphatic carbocycles. The van der Waals surface area contributed by atoms with Gasteiger partial charge in [0.25, 0.3) is 0 Å². The van der Waals surface area contributed by atoms with E-state index in [0.29, 0.717) is 5.92 Å². The van der Waals surface area contributed by atoms with Gasteiger partial charge in [-0.15, -0.1) is 11.3 Å². The standard InChI is InChI=1S/C10H14O2S/c11-9(10-2-1-5-13-10)6-8-3-4-12-7-8/h1-2,5,8-9,11H,3-4,6-7H2. The lowest BCUT2D eigenvalue weighted by atomic mass is 10.0. The molecule has 0 aromatic carbocycles. The van der Waals surface area contributed by atoms with Gasteiger partial charge in [0.05, 0.1) is 6.10 Å². The molecule has 2 atom stereocenters. The van der Waals surface area contributed by atoms with Crippen molar-refractivity contribution >= 4 is 11.3 Å². The lowest BCUT2D eigenvalue weighted by molar-refractivity contribution is 0.132. The first-order valence-corrected chi connectivity index (χ1v) is 5.53. The van der Waals surface area contributed by atoms with Crippen molar-refractivity contribution in [3.05, 3.63) is 22.4 Å². The Labute approximate surface area is 82.2 Å². The number of hydrogen-bond acceptors (Lipinski definition) is 3. The fourth-order valence-corrected chi connectivity index (χ4v) is 2.41. The smallest absolute Gasteiger partial charge is 0.0885 e. The van der Waals surface area contributed by atoms with E-state index in [1.807, 2.05) is 17.5 Å². The number of aliphatic hydroxyl groups is 1. The molecule has 2 nitrogen and oxygen atoms in total. The van der Waals surface area contributed by atoms with Gasteiger partial charge in [-0.2, -0.15) is 0 Å². The van der Waals surface area contributed by atoms with Crippen LogP contribution in [0.15, 0.2) is 17.5 Å². The first kappa shape index (κ1) is 9.19. The molecule has 3 heteroatoms. The molecule has 0 saturated carbocycles. The maximum atomic E-state index is 9.82. The summed E-state index contributed by atoms with van der Waals surface area (Å²) in [7, 11) is 0. The molecular weight excluding hydrogens is 184 g/mol. The Morgan fingerprint density at radius 1 is 1.69 bits per heavy atom. The summed E-state index contributed by atoms with van der Waals surface area (Å²) in [5.41, 5.74) is 0. The highest BCUT2D eigenvalue weighted by Crippen LogP contribution is 2.28. The average molecular weight is 198 g/mol. The second-order valence-corrected chi connectivity index (χ2v) is 4.48. The van der Waals surface area contributed by atoms with Crippen molar-refractivity contribution in [1.82, 2.24) is 0 Å². The zero-order chi connectivity index (χ0) is 9.10. The largest absolute Gasteiger partial charge is 0.388 e. The first-order chi connectivity index (χ1) is 6.36. The summed E-state index contributed by atoms with van der Waals surface area (Å²) in [6.45, 7) is 1.68. The first-order valence-electron chi connectivity index (χ1n) is 4.65. The number of ether oxygens (including phenoxy) is 1. The molecule has 72 valence electrons. The topological polar surface area (TPSA) is 29.5 Å². The minimum atomic E-state index is -0.285. The predicted molar refractivity (Wildman–Crippen MR) is 52.8 cm³/mol. The van der Waals surface area contributed by atoms with Gasteiger partial charge in [0.15, 0.2) is 0 Å². The van der Waals surface area contributed by atoms with Crippen LogP contribution >= 0.6 is 11.3 Å². The van der Waals surface area contributed by atoms with Crippen LogP contribution in [0, 0.1) is 5.92 Å². The molecular formula is C10H14O2S. The van der Waals surface area contributed by atoms with Gasteiger partial charge < -0.3 is 9.84 Å². The summed E-state index contributed by atoms with van der Waals surface area (Å²) in [6.07, 6.45) is 1.66.